The molecule has 0 radical (unpaired) electrons. The molecule has 3 aliphatic rings. The minimum atomic E-state index is -1.04. The van der Waals surface area contributed by atoms with Gasteiger partial charge < -0.3 is 41.0 Å². The van der Waals surface area contributed by atoms with Crippen molar-refractivity contribution in [2.75, 3.05) is 40.4 Å². The number of fused-ring (bicyclic) bond motifs is 2. The van der Waals surface area contributed by atoms with Gasteiger partial charge in [-0.2, -0.15) is 0 Å². The molecule has 6 atom stereocenters. The van der Waals surface area contributed by atoms with E-state index in [9.17, 15) is 29.1 Å². The van der Waals surface area contributed by atoms with Crippen molar-refractivity contribution >= 4 is 29.5 Å². The summed E-state index contributed by atoms with van der Waals surface area (Å²) in [6.45, 7) is 11.3. The molecule has 0 aromatic heterocycles. The molecule has 0 unspecified atom stereocenters. The minimum absolute atomic E-state index is 0.0223. The molecular weight excluding hydrogens is 694 g/mol. The third-order valence-electron chi connectivity index (χ3n) is 9.86. The Kier molecular flexibility index (Phi) is 15.2. The van der Waals surface area contributed by atoms with Gasteiger partial charge in [0.2, 0.25) is 11.6 Å². The fourth-order valence-electron chi connectivity index (χ4n) is 6.80. The smallest absolute Gasteiger partial charge is 0.405 e. The van der Waals surface area contributed by atoms with E-state index in [0.29, 0.717) is 11.1 Å². The number of methoxy groups -OCH3 is 2. The van der Waals surface area contributed by atoms with Crippen molar-refractivity contribution < 1.29 is 43.3 Å². The highest BCUT2D eigenvalue weighted by Gasteiger charge is 2.34. The number of Topliss-reactive ketones (excluding diaryl/α,β-unsaturated/α-hetero) is 1. The number of nitrogens with one attached hydrogen (secondary N) is 3. The number of benzene rings is 1. The van der Waals surface area contributed by atoms with Crippen molar-refractivity contribution in [2.24, 2.45) is 17.6 Å². The van der Waals surface area contributed by atoms with Crippen LogP contribution in [0.1, 0.15) is 56.5 Å². The van der Waals surface area contributed by atoms with E-state index in [4.69, 9.17) is 19.9 Å². The van der Waals surface area contributed by atoms with Gasteiger partial charge in [-0.15, -0.1) is 0 Å². The number of allylic oxidation sites excluding steroid dienone is 4. The van der Waals surface area contributed by atoms with Gasteiger partial charge in [0.1, 0.15) is 6.10 Å². The molecule has 1 saturated heterocycles. The quantitative estimate of drug-likeness (QED) is 0.203. The number of ether oxygens (including phenoxy) is 3. The lowest BCUT2D eigenvalue weighted by atomic mass is 9.85. The van der Waals surface area contributed by atoms with Crippen LogP contribution in [0.25, 0.3) is 0 Å². The van der Waals surface area contributed by atoms with Crippen LogP contribution in [0.5, 0.6) is 0 Å². The Morgan fingerprint density at radius 2 is 1.72 bits per heavy atom. The normalized spacial score (nSPS) is 29.2. The molecule has 2 heterocycles. The van der Waals surface area contributed by atoms with Crippen molar-refractivity contribution in [3.8, 4) is 0 Å². The van der Waals surface area contributed by atoms with Gasteiger partial charge in [0, 0.05) is 75.6 Å². The summed E-state index contributed by atoms with van der Waals surface area (Å²) in [4.78, 5) is 68.6. The Balaban J connectivity index is 1.67. The predicted octanol–water partition coefficient (Wildman–Crippen LogP) is 2.60. The second-order valence-electron chi connectivity index (χ2n) is 14.1. The number of piperazine rings is 1. The fraction of sp³-hybridized carbons (Fsp3) is 0.475. The first-order valence-electron chi connectivity index (χ1n) is 18.1. The number of amides is 3. The van der Waals surface area contributed by atoms with Gasteiger partial charge in [-0.1, -0.05) is 50.3 Å². The molecule has 6 N–H and O–H groups in total. The molecule has 2 bridgehead atoms. The van der Waals surface area contributed by atoms with Gasteiger partial charge in [-0.05, 0) is 55.9 Å². The van der Waals surface area contributed by atoms with E-state index in [-0.39, 0.29) is 41.3 Å². The Morgan fingerprint density at radius 3 is 2.35 bits per heavy atom. The molecule has 14 heteroatoms. The number of carbonyl (C=O) groups excluding carboxylic acids is 5. The first-order chi connectivity index (χ1) is 25.7. The number of carbonyl (C=O) groups is 5. The van der Waals surface area contributed by atoms with E-state index in [2.05, 4.69) is 20.9 Å². The van der Waals surface area contributed by atoms with Crippen LogP contribution in [-0.2, 0) is 35.1 Å². The number of hydrogen-bond donors (Lipinski definition) is 5. The third kappa shape index (κ3) is 11.1. The number of hydrogen-bond acceptors (Lipinski definition) is 11. The summed E-state index contributed by atoms with van der Waals surface area (Å²) < 4.78 is 16.7. The number of ketones is 2. The lowest BCUT2D eigenvalue weighted by molar-refractivity contribution is -0.120. The average molecular weight is 748 g/mol. The minimum Gasteiger partial charge on any atom is -0.439 e. The van der Waals surface area contributed by atoms with E-state index in [1.165, 1.54) is 33.3 Å². The van der Waals surface area contributed by atoms with Crippen LogP contribution < -0.4 is 21.7 Å². The second kappa shape index (κ2) is 19.6. The van der Waals surface area contributed by atoms with Crippen LogP contribution in [-0.4, -0.2) is 104 Å². The van der Waals surface area contributed by atoms with Gasteiger partial charge in [-0.25, -0.2) is 4.79 Å². The average Bonchev–Trinajstić information content (AvgIpc) is 3.14. The summed E-state index contributed by atoms with van der Waals surface area (Å²) in [5.41, 5.74) is 7.10. The molecule has 4 rings (SSSR count). The zero-order valence-corrected chi connectivity index (χ0v) is 31.8. The zero-order chi connectivity index (χ0) is 39.5. The Morgan fingerprint density at radius 1 is 1.04 bits per heavy atom. The number of rotatable bonds is 7. The predicted molar refractivity (Wildman–Crippen MR) is 202 cm³/mol. The molecular formula is C40H53N5O9. The molecule has 0 spiro atoms. The highest BCUT2D eigenvalue weighted by atomic mass is 16.6. The van der Waals surface area contributed by atoms with Crippen LogP contribution in [0.3, 0.4) is 0 Å². The largest absolute Gasteiger partial charge is 0.439 e. The summed E-state index contributed by atoms with van der Waals surface area (Å²) >= 11 is 0. The van der Waals surface area contributed by atoms with Gasteiger partial charge in [-0.3, -0.25) is 24.1 Å². The van der Waals surface area contributed by atoms with Gasteiger partial charge in [0.15, 0.2) is 6.10 Å². The lowest BCUT2D eigenvalue weighted by Gasteiger charge is -2.30. The summed E-state index contributed by atoms with van der Waals surface area (Å²) in [6.07, 6.45) is 3.06. The van der Waals surface area contributed by atoms with E-state index in [0.717, 1.165) is 44.4 Å². The first kappa shape index (κ1) is 42.0. The van der Waals surface area contributed by atoms with Crippen LogP contribution >= 0.6 is 0 Å². The SMILES string of the molecule is CO[C@H]1/C=C\C=C(/C)C(=O)NC2=CC(=O)C(NC(=O)c3ccc(CN4CCNCC4)cc3)=C(C[C@@H](C)C[C@H](OC)[C@H](O)[C@@H](C)/C=C(\C)[C@@H]1OC(N)=O)C2=O. The van der Waals surface area contributed by atoms with Crippen molar-refractivity contribution in [3.63, 3.8) is 0 Å². The third-order valence-corrected chi connectivity index (χ3v) is 9.86. The number of nitrogens with zero attached hydrogens (tertiary/aromatic N) is 1. The maximum atomic E-state index is 14.0. The van der Waals surface area contributed by atoms with Crippen molar-refractivity contribution in [3.05, 3.63) is 93.9 Å². The maximum absolute atomic E-state index is 14.0. The molecule has 3 amide bonds. The molecule has 1 fully saturated rings. The highest BCUT2D eigenvalue weighted by Crippen LogP contribution is 2.29. The monoisotopic (exact) mass is 747 g/mol. The fourth-order valence-corrected chi connectivity index (χ4v) is 6.80. The number of aliphatic hydroxyl groups excluding tert-OH is 1. The summed E-state index contributed by atoms with van der Waals surface area (Å²) in [5.74, 6) is -3.32. The standard InChI is InChI=1S/C40H53N5O9/c1-23-18-29-34(44-39(50)28-12-10-27(11-13-28)22-45-16-14-42-15-17-45)31(46)21-30(36(29)48)43-38(49)24(2)8-7-9-32(52-5)37(54-40(41)51)26(4)20-25(3)35(47)33(19-23)53-6/h7-13,20-21,23,25,32-33,35,37,42,47H,14-19,22H2,1-6H3,(H2,41,51)(H,43,49)(H,44,50)/b9-7-,24-8+,26-20+/t23-,25+,32+,33+,35-,37+/m1/s1. The topological polar surface area (TPSA) is 199 Å². The Hall–Kier alpha value is -4.73. The van der Waals surface area contributed by atoms with Gasteiger partial charge in [0.05, 0.1) is 23.6 Å². The van der Waals surface area contributed by atoms with Crippen molar-refractivity contribution in [1.82, 2.24) is 20.9 Å². The first-order valence-corrected chi connectivity index (χ1v) is 18.1. The molecule has 1 aromatic rings. The Bertz CT molecular complexity index is 1720. The van der Waals surface area contributed by atoms with Crippen LogP contribution in [0.4, 0.5) is 4.79 Å². The van der Waals surface area contributed by atoms with Crippen LogP contribution in [0.2, 0.25) is 0 Å². The summed E-state index contributed by atoms with van der Waals surface area (Å²) in [7, 11) is 2.88. The summed E-state index contributed by atoms with van der Waals surface area (Å²) in [6, 6.07) is 7.11. The van der Waals surface area contributed by atoms with Gasteiger partial charge in [0.25, 0.3) is 11.8 Å². The second-order valence-corrected chi connectivity index (χ2v) is 14.1. The lowest BCUT2D eigenvalue weighted by Crippen LogP contribution is -2.42. The zero-order valence-electron chi connectivity index (χ0n) is 31.8. The Labute approximate surface area is 316 Å². The van der Waals surface area contributed by atoms with E-state index in [1.54, 1.807) is 38.1 Å². The molecule has 1 aromatic carbocycles. The van der Waals surface area contributed by atoms with E-state index in [1.807, 2.05) is 19.1 Å². The molecule has 1 aliphatic carbocycles. The molecule has 54 heavy (non-hydrogen) atoms. The van der Waals surface area contributed by atoms with Crippen LogP contribution in [0, 0.1) is 11.8 Å². The van der Waals surface area contributed by atoms with Gasteiger partial charge >= 0.3 is 6.09 Å². The maximum Gasteiger partial charge on any atom is 0.405 e. The molecule has 292 valence electrons. The van der Waals surface area contributed by atoms with Crippen molar-refractivity contribution in [1.29, 1.82) is 0 Å². The molecule has 0 saturated carbocycles. The van der Waals surface area contributed by atoms with Crippen LogP contribution in [0.15, 0.2) is 82.8 Å². The van der Waals surface area contributed by atoms with E-state index >= 15 is 0 Å². The summed E-state index contributed by atoms with van der Waals surface area (Å²) in [5, 5.41) is 20.0. The molecule has 2 aliphatic heterocycles. The number of aliphatic hydroxyl groups is 1. The van der Waals surface area contributed by atoms with E-state index < -0.39 is 59.8 Å². The molecule has 14 nitrogen and oxygen atoms in total. The van der Waals surface area contributed by atoms with Crippen molar-refractivity contribution in [2.45, 2.75) is 71.5 Å². The highest BCUT2D eigenvalue weighted by molar-refractivity contribution is 6.24. The number of nitrogens with two attached hydrogens (primary N) is 1. The number of primary amides is 1.